The number of esters is 1. The van der Waals surface area contributed by atoms with Crippen LogP contribution in [0.3, 0.4) is 0 Å². The van der Waals surface area contributed by atoms with Crippen LogP contribution < -0.4 is 10.6 Å². The van der Waals surface area contributed by atoms with E-state index in [4.69, 9.17) is 4.74 Å². The number of nitrogens with zero attached hydrogens (tertiary/aromatic N) is 1. The van der Waals surface area contributed by atoms with Crippen LogP contribution in [0.2, 0.25) is 0 Å². The molecule has 116 valence electrons. The average molecular weight is 321 g/mol. The van der Waals surface area contributed by atoms with E-state index in [1.165, 1.54) is 36.0 Å². The molecule has 0 radical (unpaired) electrons. The Labute approximate surface area is 131 Å². The van der Waals surface area contributed by atoms with Gasteiger partial charge in [-0.25, -0.2) is 4.79 Å². The third kappa shape index (κ3) is 4.32. The van der Waals surface area contributed by atoms with E-state index in [0.29, 0.717) is 29.6 Å². The summed E-state index contributed by atoms with van der Waals surface area (Å²) in [5.74, 6) is -1.21. The third-order valence-corrected chi connectivity index (χ3v) is 3.56. The topological polar surface area (TPSA) is 96.9 Å². The lowest BCUT2D eigenvalue weighted by Crippen LogP contribution is -2.37. The van der Waals surface area contributed by atoms with Crippen LogP contribution in [0, 0.1) is 0 Å². The van der Waals surface area contributed by atoms with Gasteiger partial charge >= 0.3 is 17.8 Å². The molecule has 0 saturated heterocycles. The summed E-state index contributed by atoms with van der Waals surface area (Å²) in [5, 5.41) is 5.34. The smallest absolute Gasteiger partial charge is 0.338 e. The highest BCUT2D eigenvalue weighted by Crippen LogP contribution is 2.11. The molecule has 0 fully saturated rings. The summed E-state index contributed by atoms with van der Waals surface area (Å²) < 4.78 is 4.86. The van der Waals surface area contributed by atoms with Crippen molar-refractivity contribution in [2.75, 3.05) is 24.2 Å². The monoisotopic (exact) mass is 321 g/mol. The molecule has 22 heavy (non-hydrogen) atoms. The predicted octanol–water partition coefficient (Wildman–Crippen LogP) is 1.02. The number of carbonyl (C=O) groups excluding carboxylic acids is 3. The van der Waals surface area contributed by atoms with Gasteiger partial charge in [-0.1, -0.05) is 11.8 Å². The number of rotatable bonds is 3. The molecular formula is C14H15N3O4S. The maximum absolute atomic E-state index is 11.7. The lowest BCUT2D eigenvalue weighted by molar-refractivity contribution is -0.135. The molecule has 0 atom stereocenters. The summed E-state index contributed by atoms with van der Waals surface area (Å²) in [6, 6.07) is 6.09. The van der Waals surface area contributed by atoms with Crippen LogP contribution >= 0.6 is 11.8 Å². The van der Waals surface area contributed by atoms with Crippen molar-refractivity contribution in [1.82, 2.24) is 5.32 Å². The molecule has 0 saturated carbocycles. The number of amides is 2. The van der Waals surface area contributed by atoms with E-state index in [1.807, 2.05) is 0 Å². The Hall–Kier alpha value is -2.35. The number of amidine groups is 1. The largest absolute Gasteiger partial charge is 0.462 e. The molecule has 0 bridgehead atoms. The lowest BCUT2D eigenvalue weighted by atomic mass is 10.2. The fourth-order valence-corrected chi connectivity index (χ4v) is 2.38. The lowest BCUT2D eigenvalue weighted by Gasteiger charge is -2.07. The maximum Gasteiger partial charge on any atom is 0.338 e. The second-order valence-electron chi connectivity index (χ2n) is 4.24. The molecule has 2 rings (SSSR count). The van der Waals surface area contributed by atoms with Crippen LogP contribution in [0.25, 0.3) is 0 Å². The number of carbonyl (C=O) groups is 3. The first-order chi connectivity index (χ1) is 10.6. The first-order valence-electron chi connectivity index (χ1n) is 6.67. The molecule has 2 amide bonds. The Bertz CT molecular complexity index is 613. The van der Waals surface area contributed by atoms with Gasteiger partial charge in [0.1, 0.15) is 0 Å². The number of thioether (sulfide) groups is 1. The van der Waals surface area contributed by atoms with Gasteiger partial charge in [-0.2, -0.15) is 0 Å². The third-order valence-electron chi connectivity index (χ3n) is 2.67. The highest BCUT2D eigenvalue weighted by atomic mass is 32.2. The quantitative estimate of drug-likeness (QED) is 0.640. The molecule has 1 aliphatic rings. The number of anilines is 1. The fraction of sp³-hybridized carbons (Fsp3) is 0.286. The number of hydrogen-bond donors (Lipinski definition) is 2. The summed E-state index contributed by atoms with van der Waals surface area (Å²) in [5.41, 5.74) is 0.787. The van der Waals surface area contributed by atoms with Crippen molar-refractivity contribution in [2.45, 2.75) is 6.92 Å². The van der Waals surface area contributed by atoms with E-state index < -0.39 is 17.8 Å². The fourth-order valence-electron chi connectivity index (χ4n) is 1.66. The van der Waals surface area contributed by atoms with Crippen molar-refractivity contribution in [3.05, 3.63) is 29.8 Å². The summed E-state index contributed by atoms with van der Waals surface area (Å²) in [7, 11) is 0. The zero-order valence-electron chi connectivity index (χ0n) is 11.9. The van der Waals surface area contributed by atoms with Crippen LogP contribution in [-0.4, -0.2) is 41.9 Å². The Kier molecular flexibility index (Phi) is 5.54. The van der Waals surface area contributed by atoms with Gasteiger partial charge in [-0.05, 0) is 31.2 Å². The van der Waals surface area contributed by atoms with E-state index in [0.717, 1.165) is 5.75 Å². The Balaban J connectivity index is 1.91. The van der Waals surface area contributed by atoms with Crippen molar-refractivity contribution in [2.24, 2.45) is 4.99 Å². The Morgan fingerprint density at radius 3 is 2.45 bits per heavy atom. The van der Waals surface area contributed by atoms with Crippen LogP contribution in [0.5, 0.6) is 0 Å². The molecule has 0 unspecified atom stereocenters. The molecule has 7 nitrogen and oxygen atoms in total. The van der Waals surface area contributed by atoms with Crippen LogP contribution in [0.4, 0.5) is 5.69 Å². The van der Waals surface area contributed by atoms with E-state index in [9.17, 15) is 14.4 Å². The number of nitrogens with one attached hydrogen (secondary N) is 2. The number of hydrogen-bond acceptors (Lipinski definition) is 6. The van der Waals surface area contributed by atoms with E-state index in [1.54, 1.807) is 6.92 Å². The van der Waals surface area contributed by atoms with Crippen molar-refractivity contribution in [1.29, 1.82) is 0 Å². The summed E-state index contributed by atoms with van der Waals surface area (Å²) in [6.45, 7) is 2.65. The van der Waals surface area contributed by atoms with Crippen molar-refractivity contribution in [3.63, 3.8) is 0 Å². The van der Waals surface area contributed by atoms with Gasteiger partial charge < -0.3 is 10.1 Å². The van der Waals surface area contributed by atoms with Crippen LogP contribution in [0.15, 0.2) is 29.3 Å². The van der Waals surface area contributed by atoms with E-state index in [-0.39, 0.29) is 0 Å². The normalized spacial score (nSPS) is 13.2. The SMILES string of the molecule is CCOC(=O)c1ccc(NC(=O)C(=O)NC2=NCCS2)cc1. The minimum absolute atomic E-state index is 0.291. The van der Waals surface area contributed by atoms with Gasteiger partial charge in [0.25, 0.3) is 0 Å². The van der Waals surface area contributed by atoms with Crippen molar-refractivity contribution < 1.29 is 19.1 Å². The molecule has 0 spiro atoms. The summed E-state index contributed by atoms with van der Waals surface area (Å²) >= 11 is 1.39. The minimum Gasteiger partial charge on any atom is -0.462 e. The average Bonchev–Trinajstić information content (AvgIpc) is 3.01. The first kappa shape index (κ1) is 16.0. The van der Waals surface area contributed by atoms with Crippen LogP contribution in [0.1, 0.15) is 17.3 Å². The first-order valence-corrected chi connectivity index (χ1v) is 7.65. The van der Waals surface area contributed by atoms with Gasteiger partial charge in [0.15, 0.2) is 5.17 Å². The van der Waals surface area contributed by atoms with Crippen molar-refractivity contribution >= 4 is 40.4 Å². The number of benzene rings is 1. The molecule has 1 aromatic rings. The molecule has 0 aliphatic carbocycles. The molecule has 1 heterocycles. The Morgan fingerprint density at radius 1 is 1.18 bits per heavy atom. The summed E-state index contributed by atoms with van der Waals surface area (Å²) in [6.07, 6.45) is 0. The number of ether oxygens (including phenoxy) is 1. The minimum atomic E-state index is -0.793. The molecule has 2 N–H and O–H groups in total. The zero-order chi connectivity index (χ0) is 15.9. The molecule has 0 aromatic heterocycles. The second-order valence-corrected chi connectivity index (χ2v) is 5.33. The molecule has 1 aliphatic heterocycles. The molecule has 8 heteroatoms. The van der Waals surface area contributed by atoms with Gasteiger partial charge in [0, 0.05) is 11.4 Å². The predicted molar refractivity (Wildman–Crippen MR) is 83.9 cm³/mol. The van der Waals surface area contributed by atoms with Crippen molar-refractivity contribution in [3.8, 4) is 0 Å². The molecular weight excluding hydrogens is 306 g/mol. The highest BCUT2D eigenvalue weighted by molar-refractivity contribution is 8.14. The maximum atomic E-state index is 11.7. The van der Waals surface area contributed by atoms with Crippen LogP contribution in [-0.2, 0) is 14.3 Å². The van der Waals surface area contributed by atoms with Gasteiger partial charge in [-0.3, -0.25) is 19.9 Å². The Morgan fingerprint density at radius 2 is 1.86 bits per heavy atom. The highest BCUT2D eigenvalue weighted by Gasteiger charge is 2.18. The summed E-state index contributed by atoms with van der Waals surface area (Å²) in [4.78, 5) is 38.9. The van der Waals surface area contributed by atoms with Gasteiger partial charge in [0.05, 0.1) is 18.7 Å². The molecule has 1 aromatic carbocycles. The van der Waals surface area contributed by atoms with Gasteiger partial charge in [0.2, 0.25) is 0 Å². The standard InChI is InChI=1S/C14H15N3O4S/c1-2-21-13(20)9-3-5-10(6-4-9)16-11(18)12(19)17-14-15-7-8-22-14/h3-6H,2,7-8H2,1H3,(H,16,18)(H,15,17,19). The second kappa shape index (κ2) is 7.60. The number of aliphatic imine (C=N–C) groups is 1. The van der Waals surface area contributed by atoms with Gasteiger partial charge in [-0.15, -0.1) is 0 Å². The zero-order valence-corrected chi connectivity index (χ0v) is 12.7. The van der Waals surface area contributed by atoms with E-state index in [2.05, 4.69) is 15.6 Å². The van der Waals surface area contributed by atoms with E-state index >= 15 is 0 Å².